The molecule has 2 fully saturated rings. The number of likely N-dealkylation sites (tertiary alicyclic amines) is 1. The standard InChI is InChI=1S/C21H28N4O3.2ClH/c26-20(10-9-19-24-16-6-1-2-8-18(16)28-19)25-12-4-5-15(14-25)13-23-21(27)17-7-3-11-22-17;;/h1-2,6,8,15,17,22H,3-5,7,9-14H2,(H,23,27);2*1H. The first-order chi connectivity index (χ1) is 13.7. The monoisotopic (exact) mass is 456 g/mol. The zero-order chi connectivity index (χ0) is 19.3. The highest BCUT2D eigenvalue weighted by atomic mass is 35.5. The van der Waals surface area contributed by atoms with Crippen molar-refractivity contribution in [1.29, 1.82) is 0 Å². The Morgan fingerprint density at radius 2 is 2.03 bits per heavy atom. The lowest BCUT2D eigenvalue weighted by molar-refractivity contribution is -0.133. The van der Waals surface area contributed by atoms with Crippen LogP contribution in [0, 0.1) is 5.92 Å². The molecule has 2 aliphatic heterocycles. The molecule has 2 amide bonds. The van der Waals surface area contributed by atoms with E-state index in [1.807, 2.05) is 29.2 Å². The number of nitrogens with zero attached hydrogens (tertiary/aromatic N) is 2. The lowest BCUT2D eigenvalue weighted by Crippen LogP contribution is -2.46. The summed E-state index contributed by atoms with van der Waals surface area (Å²) in [6, 6.07) is 7.60. The van der Waals surface area contributed by atoms with E-state index in [2.05, 4.69) is 15.6 Å². The van der Waals surface area contributed by atoms with Crippen LogP contribution in [-0.2, 0) is 16.0 Å². The number of aryl methyl sites for hydroxylation is 1. The topological polar surface area (TPSA) is 87.5 Å². The number of carbonyl (C=O) groups excluding carboxylic acids is 2. The molecule has 2 atom stereocenters. The zero-order valence-corrected chi connectivity index (χ0v) is 18.6. The molecule has 1 aromatic heterocycles. The number of aromatic nitrogens is 1. The molecule has 0 radical (unpaired) electrons. The van der Waals surface area contributed by atoms with Crippen LogP contribution in [0.25, 0.3) is 11.1 Å². The van der Waals surface area contributed by atoms with Crippen LogP contribution in [0.3, 0.4) is 0 Å². The molecule has 0 bridgehead atoms. The van der Waals surface area contributed by atoms with E-state index in [1.54, 1.807) is 0 Å². The first kappa shape index (κ1) is 24.4. The number of hydrogen-bond acceptors (Lipinski definition) is 5. The Bertz CT molecular complexity index is 806. The van der Waals surface area contributed by atoms with Crippen molar-refractivity contribution in [2.75, 3.05) is 26.2 Å². The maximum Gasteiger partial charge on any atom is 0.237 e. The predicted octanol–water partition coefficient (Wildman–Crippen LogP) is 2.71. The van der Waals surface area contributed by atoms with Crippen LogP contribution in [0.1, 0.15) is 38.0 Å². The van der Waals surface area contributed by atoms with Gasteiger partial charge >= 0.3 is 0 Å². The molecule has 30 heavy (non-hydrogen) atoms. The minimum absolute atomic E-state index is 0. The second kappa shape index (κ2) is 11.5. The van der Waals surface area contributed by atoms with Crippen molar-refractivity contribution in [1.82, 2.24) is 20.5 Å². The maximum atomic E-state index is 12.6. The van der Waals surface area contributed by atoms with Gasteiger partial charge in [0, 0.05) is 32.5 Å². The predicted molar refractivity (Wildman–Crippen MR) is 120 cm³/mol. The second-order valence-electron chi connectivity index (χ2n) is 7.82. The Kier molecular flexibility index (Phi) is 9.39. The van der Waals surface area contributed by atoms with E-state index >= 15 is 0 Å². The van der Waals surface area contributed by atoms with E-state index in [0.29, 0.717) is 37.7 Å². The first-order valence-electron chi connectivity index (χ1n) is 10.3. The zero-order valence-electron chi connectivity index (χ0n) is 17.0. The molecular weight excluding hydrogens is 427 g/mol. The fraction of sp³-hybridized carbons (Fsp3) is 0.571. The van der Waals surface area contributed by atoms with Crippen molar-refractivity contribution >= 4 is 47.7 Å². The number of carbonyl (C=O) groups is 2. The third kappa shape index (κ3) is 6.09. The number of fused-ring (bicyclic) bond motifs is 1. The molecule has 166 valence electrons. The summed E-state index contributed by atoms with van der Waals surface area (Å²) in [7, 11) is 0. The number of nitrogens with one attached hydrogen (secondary N) is 2. The van der Waals surface area contributed by atoms with Crippen LogP contribution in [0.2, 0.25) is 0 Å². The summed E-state index contributed by atoms with van der Waals surface area (Å²) in [6.07, 6.45) is 4.92. The summed E-state index contributed by atoms with van der Waals surface area (Å²) in [5, 5.41) is 6.28. The van der Waals surface area contributed by atoms with Gasteiger partial charge < -0.3 is 20.0 Å². The summed E-state index contributed by atoms with van der Waals surface area (Å²) in [5.74, 6) is 1.17. The quantitative estimate of drug-likeness (QED) is 0.697. The highest BCUT2D eigenvalue weighted by Gasteiger charge is 2.26. The molecule has 2 aliphatic rings. The van der Waals surface area contributed by atoms with Crippen molar-refractivity contribution in [2.24, 2.45) is 5.92 Å². The molecule has 3 heterocycles. The van der Waals surface area contributed by atoms with Gasteiger partial charge in [-0.05, 0) is 50.3 Å². The molecule has 1 aromatic carbocycles. The average molecular weight is 457 g/mol. The minimum atomic E-state index is -0.0439. The second-order valence-corrected chi connectivity index (χ2v) is 7.82. The Morgan fingerprint density at radius 3 is 2.80 bits per heavy atom. The van der Waals surface area contributed by atoms with Crippen LogP contribution in [0.4, 0.5) is 0 Å². The summed E-state index contributed by atoms with van der Waals surface area (Å²) in [5.41, 5.74) is 1.59. The van der Waals surface area contributed by atoms with Crippen LogP contribution in [0.5, 0.6) is 0 Å². The molecule has 0 saturated carbocycles. The maximum absolute atomic E-state index is 12.6. The number of hydrogen-bond donors (Lipinski definition) is 2. The van der Waals surface area contributed by atoms with Gasteiger partial charge in [-0.1, -0.05) is 12.1 Å². The SMILES string of the molecule is Cl.Cl.O=C(NCC1CCCN(C(=O)CCc2nc3ccccc3o2)C1)C1CCCN1. The summed E-state index contributed by atoms with van der Waals surface area (Å²) >= 11 is 0. The van der Waals surface area contributed by atoms with Crippen molar-refractivity contribution in [3.63, 3.8) is 0 Å². The van der Waals surface area contributed by atoms with Crippen molar-refractivity contribution in [2.45, 2.75) is 44.6 Å². The molecule has 2 aromatic rings. The molecule has 7 nitrogen and oxygen atoms in total. The van der Waals surface area contributed by atoms with Gasteiger partial charge in [0.25, 0.3) is 0 Å². The Labute approximate surface area is 189 Å². The number of para-hydroxylation sites is 2. The third-order valence-corrected chi connectivity index (χ3v) is 5.70. The number of benzene rings is 1. The highest BCUT2D eigenvalue weighted by Crippen LogP contribution is 2.19. The number of oxazole rings is 1. The van der Waals surface area contributed by atoms with E-state index in [1.165, 1.54) is 0 Å². The largest absolute Gasteiger partial charge is 0.441 e. The van der Waals surface area contributed by atoms with Crippen molar-refractivity contribution in [3.05, 3.63) is 30.2 Å². The Balaban J connectivity index is 0.00000160. The average Bonchev–Trinajstić information content (AvgIpc) is 3.40. The number of halogens is 2. The van der Waals surface area contributed by atoms with Gasteiger partial charge in [0.05, 0.1) is 6.04 Å². The smallest absolute Gasteiger partial charge is 0.237 e. The molecule has 0 aliphatic carbocycles. The van der Waals surface area contributed by atoms with E-state index in [-0.39, 0.29) is 42.7 Å². The summed E-state index contributed by atoms with van der Waals surface area (Å²) < 4.78 is 5.71. The van der Waals surface area contributed by atoms with Gasteiger partial charge in [0.15, 0.2) is 11.5 Å². The lowest BCUT2D eigenvalue weighted by Gasteiger charge is -2.33. The van der Waals surface area contributed by atoms with E-state index in [9.17, 15) is 9.59 Å². The molecule has 2 saturated heterocycles. The van der Waals surface area contributed by atoms with Gasteiger partial charge in [-0.3, -0.25) is 9.59 Å². The normalized spacial score (nSPS) is 21.0. The van der Waals surface area contributed by atoms with Crippen LogP contribution >= 0.6 is 24.8 Å². The Morgan fingerprint density at radius 1 is 1.20 bits per heavy atom. The lowest BCUT2D eigenvalue weighted by atomic mass is 9.97. The molecule has 9 heteroatoms. The molecule has 4 rings (SSSR count). The van der Waals surface area contributed by atoms with E-state index in [0.717, 1.165) is 49.9 Å². The molecule has 2 unspecified atom stereocenters. The summed E-state index contributed by atoms with van der Waals surface area (Å²) in [4.78, 5) is 31.2. The third-order valence-electron chi connectivity index (χ3n) is 5.70. The Hall–Kier alpha value is -1.83. The van der Waals surface area contributed by atoms with Crippen molar-refractivity contribution < 1.29 is 14.0 Å². The van der Waals surface area contributed by atoms with Crippen LogP contribution < -0.4 is 10.6 Å². The van der Waals surface area contributed by atoms with Gasteiger partial charge in [-0.2, -0.15) is 0 Å². The molecular formula is C21H30Cl2N4O3. The number of amides is 2. The van der Waals surface area contributed by atoms with Crippen LogP contribution in [-0.4, -0.2) is 53.9 Å². The van der Waals surface area contributed by atoms with E-state index in [4.69, 9.17) is 4.42 Å². The van der Waals surface area contributed by atoms with Gasteiger partial charge in [0.2, 0.25) is 11.8 Å². The number of rotatable bonds is 6. The first-order valence-corrected chi connectivity index (χ1v) is 10.3. The van der Waals surface area contributed by atoms with Crippen molar-refractivity contribution in [3.8, 4) is 0 Å². The van der Waals surface area contributed by atoms with E-state index < -0.39 is 0 Å². The summed E-state index contributed by atoms with van der Waals surface area (Å²) in [6.45, 7) is 3.07. The van der Waals surface area contributed by atoms with Gasteiger partial charge in [0.1, 0.15) is 5.52 Å². The fourth-order valence-corrected chi connectivity index (χ4v) is 4.13. The van der Waals surface area contributed by atoms with Gasteiger partial charge in [-0.15, -0.1) is 24.8 Å². The molecule has 0 spiro atoms. The number of piperidine rings is 1. The fourth-order valence-electron chi connectivity index (χ4n) is 4.13. The minimum Gasteiger partial charge on any atom is -0.441 e. The highest BCUT2D eigenvalue weighted by molar-refractivity contribution is 5.85. The van der Waals surface area contributed by atoms with Gasteiger partial charge in [-0.25, -0.2) is 4.98 Å². The van der Waals surface area contributed by atoms with Crippen LogP contribution in [0.15, 0.2) is 28.7 Å². The molecule has 2 N–H and O–H groups in total.